The van der Waals surface area contributed by atoms with Crippen LogP contribution in [0.1, 0.15) is 18.4 Å². The second-order valence-corrected chi connectivity index (χ2v) is 5.38. The van der Waals surface area contributed by atoms with Gasteiger partial charge in [-0.15, -0.1) is 0 Å². The standard InChI is InChI=1S/C11H10BrF3N2O2/c12-8-1-2-9(17(18)19)7(5-8)6-16-10(3-4-10)11(13,14)15/h1-2,5,16H,3-4,6H2. The lowest BCUT2D eigenvalue weighted by Crippen LogP contribution is -2.44. The summed E-state index contributed by atoms with van der Waals surface area (Å²) in [6.07, 6.45) is -4.30. The van der Waals surface area contributed by atoms with Crippen molar-refractivity contribution in [3.05, 3.63) is 38.3 Å². The highest BCUT2D eigenvalue weighted by atomic mass is 79.9. The molecule has 104 valence electrons. The zero-order chi connectivity index (χ0) is 14.3. The summed E-state index contributed by atoms with van der Waals surface area (Å²) >= 11 is 3.15. The number of rotatable bonds is 4. The average Bonchev–Trinajstić information content (AvgIpc) is 3.06. The molecule has 0 spiro atoms. The maximum absolute atomic E-state index is 12.7. The van der Waals surface area contributed by atoms with Crippen molar-refractivity contribution in [1.82, 2.24) is 5.32 Å². The molecule has 19 heavy (non-hydrogen) atoms. The Labute approximate surface area is 115 Å². The van der Waals surface area contributed by atoms with Gasteiger partial charge in [0.25, 0.3) is 5.69 Å². The largest absolute Gasteiger partial charge is 0.406 e. The van der Waals surface area contributed by atoms with E-state index in [1.165, 1.54) is 18.2 Å². The molecule has 8 heteroatoms. The molecule has 0 amide bonds. The Hall–Kier alpha value is -1.15. The number of nitrogens with one attached hydrogen (secondary N) is 1. The Morgan fingerprint density at radius 3 is 2.53 bits per heavy atom. The molecule has 1 aliphatic carbocycles. The molecule has 1 N–H and O–H groups in total. The van der Waals surface area contributed by atoms with Crippen molar-refractivity contribution >= 4 is 21.6 Å². The van der Waals surface area contributed by atoms with Gasteiger partial charge in [0.15, 0.2) is 0 Å². The normalized spacial score (nSPS) is 17.3. The van der Waals surface area contributed by atoms with Crippen molar-refractivity contribution in [3.8, 4) is 0 Å². The zero-order valence-electron chi connectivity index (χ0n) is 9.63. The first-order chi connectivity index (χ1) is 8.75. The highest BCUT2D eigenvalue weighted by Crippen LogP contribution is 2.49. The number of benzene rings is 1. The van der Waals surface area contributed by atoms with Crippen LogP contribution in [0.5, 0.6) is 0 Å². The van der Waals surface area contributed by atoms with Crippen molar-refractivity contribution in [2.24, 2.45) is 0 Å². The van der Waals surface area contributed by atoms with Crippen LogP contribution in [0.15, 0.2) is 22.7 Å². The molecule has 1 aromatic rings. The fraction of sp³-hybridized carbons (Fsp3) is 0.455. The summed E-state index contributed by atoms with van der Waals surface area (Å²) < 4.78 is 38.8. The van der Waals surface area contributed by atoms with Crippen molar-refractivity contribution < 1.29 is 18.1 Å². The Balaban J connectivity index is 2.16. The molecule has 2 rings (SSSR count). The Morgan fingerprint density at radius 1 is 1.42 bits per heavy atom. The third kappa shape index (κ3) is 2.89. The SMILES string of the molecule is O=[N+]([O-])c1ccc(Br)cc1CNC1(C(F)(F)F)CC1. The Morgan fingerprint density at radius 2 is 2.05 bits per heavy atom. The van der Waals surface area contributed by atoms with Crippen molar-refractivity contribution in [3.63, 3.8) is 0 Å². The minimum absolute atomic E-state index is 0.0122. The quantitative estimate of drug-likeness (QED) is 0.674. The molecule has 1 fully saturated rings. The zero-order valence-corrected chi connectivity index (χ0v) is 11.2. The first kappa shape index (κ1) is 14.3. The minimum atomic E-state index is -4.33. The number of nitro benzene ring substituents is 1. The second-order valence-electron chi connectivity index (χ2n) is 4.46. The van der Waals surface area contributed by atoms with Gasteiger partial charge in [-0.3, -0.25) is 15.4 Å². The summed E-state index contributed by atoms with van der Waals surface area (Å²) in [6, 6.07) is 4.21. The summed E-state index contributed by atoms with van der Waals surface area (Å²) in [5, 5.41) is 13.2. The van der Waals surface area contributed by atoms with Gasteiger partial charge in [0, 0.05) is 22.6 Å². The van der Waals surface area contributed by atoms with E-state index in [0.717, 1.165) is 0 Å². The molecule has 0 aromatic heterocycles. The lowest BCUT2D eigenvalue weighted by atomic mass is 10.1. The third-order valence-electron chi connectivity index (χ3n) is 3.15. The van der Waals surface area contributed by atoms with E-state index in [-0.39, 0.29) is 30.6 Å². The van der Waals surface area contributed by atoms with E-state index in [1.807, 2.05) is 0 Å². The van der Waals surface area contributed by atoms with Gasteiger partial charge in [-0.25, -0.2) is 0 Å². The average molecular weight is 339 g/mol. The molecular formula is C11H10BrF3N2O2. The smallest absolute Gasteiger partial charge is 0.299 e. The molecule has 0 saturated heterocycles. The maximum Gasteiger partial charge on any atom is 0.406 e. The monoisotopic (exact) mass is 338 g/mol. The van der Waals surface area contributed by atoms with Crippen LogP contribution in [0, 0.1) is 10.1 Å². The molecule has 1 aliphatic rings. The summed E-state index contributed by atoms with van der Waals surface area (Å²) in [6.45, 7) is -0.185. The molecule has 0 radical (unpaired) electrons. The third-order valence-corrected chi connectivity index (χ3v) is 3.64. The number of nitro groups is 1. The van der Waals surface area contributed by atoms with Crippen LogP contribution in [0.4, 0.5) is 18.9 Å². The molecule has 0 aliphatic heterocycles. The highest BCUT2D eigenvalue weighted by molar-refractivity contribution is 9.10. The summed E-state index contributed by atoms with van der Waals surface area (Å²) in [5.74, 6) is 0. The number of nitrogens with zero attached hydrogens (tertiary/aromatic N) is 1. The van der Waals surface area contributed by atoms with E-state index in [9.17, 15) is 23.3 Å². The topological polar surface area (TPSA) is 55.2 Å². The summed E-state index contributed by atoms with van der Waals surface area (Å²) in [5.41, 5.74) is -1.83. The van der Waals surface area contributed by atoms with E-state index in [0.29, 0.717) is 4.47 Å². The molecule has 0 unspecified atom stereocenters. The van der Waals surface area contributed by atoms with Crippen LogP contribution < -0.4 is 5.32 Å². The molecule has 0 bridgehead atoms. The van der Waals surface area contributed by atoms with Crippen LogP contribution in [0.3, 0.4) is 0 Å². The fourth-order valence-electron chi connectivity index (χ4n) is 1.82. The predicted octanol–water partition coefficient (Wildman–Crippen LogP) is 3.54. The first-order valence-electron chi connectivity index (χ1n) is 5.50. The van der Waals surface area contributed by atoms with Gasteiger partial charge >= 0.3 is 6.18 Å². The Bertz CT molecular complexity index is 515. The Kier molecular flexibility index (Phi) is 3.57. The molecule has 0 heterocycles. The van der Waals surface area contributed by atoms with Gasteiger partial charge in [0.05, 0.1) is 4.92 Å². The van der Waals surface area contributed by atoms with Crippen LogP contribution in [0.2, 0.25) is 0 Å². The van der Waals surface area contributed by atoms with E-state index in [2.05, 4.69) is 21.2 Å². The van der Waals surface area contributed by atoms with Crippen LogP contribution in [0.25, 0.3) is 0 Å². The van der Waals surface area contributed by atoms with Crippen LogP contribution in [-0.4, -0.2) is 16.6 Å². The predicted molar refractivity (Wildman–Crippen MR) is 65.7 cm³/mol. The number of halogens is 4. The second kappa shape index (κ2) is 4.75. The van der Waals surface area contributed by atoms with E-state index in [4.69, 9.17) is 0 Å². The molecule has 1 aromatic carbocycles. The van der Waals surface area contributed by atoms with Crippen molar-refractivity contribution in [2.75, 3.05) is 0 Å². The fourth-order valence-corrected chi connectivity index (χ4v) is 2.23. The molecule has 4 nitrogen and oxygen atoms in total. The summed E-state index contributed by atoms with van der Waals surface area (Å²) in [7, 11) is 0. The van der Waals surface area contributed by atoms with E-state index in [1.54, 1.807) is 0 Å². The minimum Gasteiger partial charge on any atom is -0.299 e. The van der Waals surface area contributed by atoms with Crippen LogP contribution >= 0.6 is 15.9 Å². The summed E-state index contributed by atoms with van der Waals surface area (Å²) in [4.78, 5) is 10.2. The number of alkyl halides is 3. The number of hydrogen-bond donors (Lipinski definition) is 1. The van der Waals surface area contributed by atoms with Gasteiger partial charge in [-0.1, -0.05) is 15.9 Å². The first-order valence-corrected chi connectivity index (χ1v) is 6.29. The van der Waals surface area contributed by atoms with Gasteiger partial charge in [-0.05, 0) is 25.0 Å². The van der Waals surface area contributed by atoms with Crippen LogP contribution in [-0.2, 0) is 6.54 Å². The van der Waals surface area contributed by atoms with E-state index < -0.39 is 16.6 Å². The van der Waals surface area contributed by atoms with Gasteiger partial charge in [0.2, 0.25) is 0 Å². The molecular weight excluding hydrogens is 329 g/mol. The maximum atomic E-state index is 12.7. The van der Waals surface area contributed by atoms with Gasteiger partial charge < -0.3 is 0 Å². The number of hydrogen-bond acceptors (Lipinski definition) is 3. The van der Waals surface area contributed by atoms with Gasteiger partial charge in [0.1, 0.15) is 5.54 Å². The molecule has 0 atom stereocenters. The lowest BCUT2D eigenvalue weighted by molar-refractivity contribution is -0.385. The highest BCUT2D eigenvalue weighted by Gasteiger charge is 2.63. The van der Waals surface area contributed by atoms with E-state index >= 15 is 0 Å². The lowest BCUT2D eigenvalue weighted by Gasteiger charge is -2.20. The van der Waals surface area contributed by atoms with Gasteiger partial charge in [-0.2, -0.15) is 13.2 Å². The molecule has 1 saturated carbocycles. The van der Waals surface area contributed by atoms with Crippen molar-refractivity contribution in [2.45, 2.75) is 31.1 Å². The van der Waals surface area contributed by atoms with Crippen molar-refractivity contribution in [1.29, 1.82) is 0 Å².